The first-order valence-electron chi connectivity index (χ1n) is 7.47. The van der Waals surface area contributed by atoms with E-state index < -0.39 is 5.82 Å². The van der Waals surface area contributed by atoms with Gasteiger partial charge in [-0.15, -0.1) is 0 Å². The molecule has 0 aliphatic carbocycles. The Labute approximate surface area is 140 Å². The average Bonchev–Trinajstić information content (AvgIpc) is 2.55. The minimum absolute atomic E-state index is 0.142. The molecular weight excluding hydrogens is 317 g/mol. The number of halogens is 2. The zero-order valence-corrected chi connectivity index (χ0v) is 13.9. The van der Waals surface area contributed by atoms with E-state index in [0.29, 0.717) is 17.4 Å². The molecule has 2 aromatic rings. The van der Waals surface area contributed by atoms with Crippen molar-refractivity contribution in [1.82, 2.24) is 0 Å². The van der Waals surface area contributed by atoms with E-state index in [9.17, 15) is 9.18 Å². The van der Waals surface area contributed by atoms with Crippen molar-refractivity contribution >= 4 is 23.2 Å². The van der Waals surface area contributed by atoms with E-state index in [-0.39, 0.29) is 17.5 Å². The summed E-state index contributed by atoms with van der Waals surface area (Å²) in [7, 11) is 0. The zero-order chi connectivity index (χ0) is 16.8. The number of amides is 1. The molecule has 0 saturated heterocycles. The highest BCUT2D eigenvalue weighted by atomic mass is 35.5. The molecule has 5 heteroatoms. The van der Waals surface area contributed by atoms with E-state index in [1.807, 2.05) is 24.3 Å². The number of anilines is 1. The van der Waals surface area contributed by atoms with Gasteiger partial charge in [-0.2, -0.15) is 0 Å². The van der Waals surface area contributed by atoms with Crippen LogP contribution >= 0.6 is 11.6 Å². The molecular formula is C18H19ClFNO2. The maximum Gasteiger partial charge on any atom is 0.262 e. The third kappa shape index (κ3) is 4.96. The summed E-state index contributed by atoms with van der Waals surface area (Å²) in [5, 5.41) is 2.73. The maximum atomic E-state index is 12.9. The zero-order valence-electron chi connectivity index (χ0n) is 13.1. The Morgan fingerprint density at radius 1 is 1.26 bits per heavy atom. The minimum atomic E-state index is -0.453. The van der Waals surface area contributed by atoms with Gasteiger partial charge in [0.25, 0.3) is 5.91 Å². The Bertz CT molecular complexity index is 673. The van der Waals surface area contributed by atoms with Gasteiger partial charge in [0.1, 0.15) is 11.6 Å². The molecule has 0 aliphatic rings. The van der Waals surface area contributed by atoms with Gasteiger partial charge in [0.15, 0.2) is 6.61 Å². The molecule has 0 aliphatic heterocycles. The number of rotatable bonds is 6. The second kappa shape index (κ2) is 7.97. The Hall–Kier alpha value is -2.07. The molecule has 0 fully saturated rings. The van der Waals surface area contributed by atoms with Crippen molar-refractivity contribution in [2.45, 2.75) is 26.2 Å². The maximum absolute atomic E-state index is 12.9. The third-order valence-corrected chi connectivity index (χ3v) is 3.95. The fraction of sp³-hybridized carbons (Fsp3) is 0.278. The first kappa shape index (κ1) is 17.3. The van der Waals surface area contributed by atoms with Crippen LogP contribution in [-0.2, 0) is 4.79 Å². The minimum Gasteiger partial charge on any atom is -0.484 e. The second-order valence-electron chi connectivity index (χ2n) is 5.34. The normalized spacial score (nSPS) is 11.8. The van der Waals surface area contributed by atoms with Crippen LogP contribution in [0.1, 0.15) is 31.7 Å². The highest BCUT2D eigenvalue weighted by molar-refractivity contribution is 6.33. The summed E-state index contributed by atoms with van der Waals surface area (Å²) in [5.74, 6) is 0.306. The number of nitrogens with one attached hydrogen (secondary N) is 1. The molecule has 1 amide bonds. The monoisotopic (exact) mass is 335 g/mol. The van der Waals surface area contributed by atoms with Gasteiger partial charge in [0.2, 0.25) is 0 Å². The largest absolute Gasteiger partial charge is 0.484 e. The Balaban J connectivity index is 1.89. The molecule has 1 N–H and O–H groups in total. The molecule has 122 valence electrons. The van der Waals surface area contributed by atoms with E-state index in [1.54, 1.807) is 0 Å². The lowest BCUT2D eigenvalue weighted by Gasteiger charge is -2.11. The number of benzene rings is 2. The van der Waals surface area contributed by atoms with Crippen molar-refractivity contribution < 1.29 is 13.9 Å². The van der Waals surface area contributed by atoms with Crippen LogP contribution < -0.4 is 10.1 Å². The van der Waals surface area contributed by atoms with Crippen LogP contribution in [0.3, 0.4) is 0 Å². The second-order valence-corrected chi connectivity index (χ2v) is 5.75. The average molecular weight is 336 g/mol. The van der Waals surface area contributed by atoms with E-state index in [2.05, 4.69) is 19.2 Å². The standard InChI is InChI=1S/C18H19ClFNO2/c1-3-12(2)13-4-7-15(8-5-13)23-11-18(22)21-17-9-6-14(20)10-16(17)19/h4-10,12H,3,11H2,1-2H3,(H,21,22)/t12-/m0/s1. The first-order valence-corrected chi connectivity index (χ1v) is 7.85. The molecule has 23 heavy (non-hydrogen) atoms. The lowest BCUT2D eigenvalue weighted by atomic mass is 9.99. The molecule has 2 aromatic carbocycles. The molecule has 0 spiro atoms. The van der Waals surface area contributed by atoms with Crippen molar-refractivity contribution in [3.8, 4) is 5.75 Å². The SMILES string of the molecule is CC[C@H](C)c1ccc(OCC(=O)Nc2ccc(F)cc2Cl)cc1. The molecule has 1 atom stereocenters. The lowest BCUT2D eigenvalue weighted by Crippen LogP contribution is -2.20. The summed E-state index contributed by atoms with van der Waals surface area (Å²) in [4.78, 5) is 11.9. The predicted octanol–water partition coefficient (Wildman–Crippen LogP) is 5.01. The van der Waals surface area contributed by atoms with Crippen LogP contribution in [0.4, 0.5) is 10.1 Å². The Morgan fingerprint density at radius 3 is 2.57 bits per heavy atom. The number of carbonyl (C=O) groups is 1. The fourth-order valence-corrected chi connectivity index (χ4v) is 2.27. The summed E-state index contributed by atoms with van der Waals surface area (Å²) in [6.45, 7) is 4.16. The summed E-state index contributed by atoms with van der Waals surface area (Å²) in [6, 6.07) is 11.5. The van der Waals surface area contributed by atoms with Gasteiger partial charge in [0.05, 0.1) is 10.7 Å². The van der Waals surface area contributed by atoms with Crippen LogP contribution in [0.5, 0.6) is 5.75 Å². The van der Waals surface area contributed by atoms with Crippen LogP contribution in [0, 0.1) is 5.82 Å². The molecule has 0 radical (unpaired) electrons. The molecule has 3 nitrogen and oxygen atoms in total. The van der Waals surface area contributed by atoms with E-state index in [1.165, 1.54) is 17.7 Å². The first-order chi connectivity index (χ1) is 11.0. The van der Waals surface area contributed by atoms with E-state index in [4.69, 9.17) is 16.3 Å². The molecule has 0 heterocycles. The Kier molecular flexibility index (Phi) is 5.99. The van der Waals surface area contributed by atoms with E-state index in [0.717, 1.165) is 12.5 Å². The molecule has 0 aromatic heterocycles. The summed E-state index contributed by atoms with van der Waals surface area (Å²) < 4.78 is 18.4. The number of ether oxygens (including phenoxy) is 1. The van der Waals surface area contributed by atoms with Crippen molar-refractivity contribution in [2.75, 3.05) is 11.9 Å². The van der Waals surface area contributed by atoms with Gasteiger partial charge >= 0.3 is 0 Å². The quantitative estimate of drug-likeness (QED) is 0.805. The molecule has 0 unspecified atom stereocenters. The summed E-state index contributed by atoms with van der Waals surface area (Å²) in [6.07, 6.45) is 1.07. The number of hydrogen-bond acceptors (Lipinski definition) is 2. The molecule has 0 bridgehead atoms. The van der Waals surface area contributed by atoms with Crippen LogP contribution in [0.15, 0.2) is 42.5 Å². The number of carbonyl (C=O) groups excluding carboxylic acids is 1. The van der Waals surface area contributed by atoms with Gasteiger partial charge in [-0.1, -0.05) is 37.6 Å². The van der Waals surface area contributed by atoms with Crippen molar-refractivity contribution in [3.63, 3.8) is 0 Å². The summed E-state index contributed by atoms with van der Waals surface area (Å²) in [5.41, 5.74) is 1.59. The predicted molar refractivity (Wildman–Crippen MR) is 90.7 cm³/mol. The van der Waals surface area contributed by atoms with Crippen molar-refractivity contribution in [3.05, 3.63) is 58.9 Å². The van der Waals surface area contributed by atoms with Crippen molar-refractivity contribution in [2.24, 2.45) is 0 Å². The third-order valence-electron chi connectivity index (χ3n) is 3.64. The fourth-order valence-electron chi connectivity index (χ4n) is 2.05. The van der Waals surface area contributed by atoms with Gasteiger partial charge < -0.3 is 10.1 Å². The van der Waals surface area contributed by atoms with Gasteiger partial charge in [-0.3, -0.25) is 4.79 Å². The molecule has 2 rings (SSSR count). The van der Waals surface area contributed by atoms with Crippen LogP contribution in [0.2, 0.25) is 5.02 Å². The Morgan fingerprint density at radius 2 is 1.96 bits per heavy atom. The lowest BCUT2D eigenvalue weighted by molar-refractivity contribution is -0.118. The topological polar surface area (TPSA) is 38.3 Å². The highest BCUT2D eigenvalue weighted by Gasteiger charge is 2.08. The van der Waals surface area contributed by atoms with Gasteiger partial charge in [-0.05, 0) is 48.2 Å². The van der Waals surface area contributed by atoms with Crippen molar-refractivity contribution in [1.29, 1.82) is 0 Å². The van der Waals surface area contributed by atoms with E-state index >= 15 is 0 Å². The van der Waals surface area contributed by atoms with Crippen LogP contribution in [-0.4, -0.2) is 12.5 Å². The smallest absolute Gasteiger partial charge is 0.262 e. The summed E-state index contributed by atoms with van der Waals surface area (Å²) >= 11 is 5.86. The van der Waals surface area contributed by atoms with Gasteiger partial charge in [-0.25, -0.2) is 4.39 Å². The molecule has 0 saturated carbocycles. The van der Waals surface area contributed by atoms with Gasteiger partial charge in [0, 0.05) is 0 Å². The number of hydrogen-bond donors (Lipinski definition) is 1. The van der Waals surface area contributed by atoms with Crippen LogP contribution in [0.25, 0.3) is 0 Å². The highest BCUT2D eigenvalue weighted by Crippen LogP contribution is 2.23.